The zero-order chi connectivity index (χ0) is 23.3. The van der Waals surface area contributed by atoms with Crippen LogP contribution in [0.1, 0.15) is 30.0 Å². The number of benzene rings is 2. The Labute approximate surface area is 206 Å². The Morgan fingerprint density at radius 1 is 1.16 bits per heavy atom. The van der Waals surface area contributed by atoms with Crippen LogP contribution < -0.4 is 5.14 Å². The summed E-state index contributed by atoms with van der Waals surface area (Å²) in [5.74, 6) is 0.965. The molecule has 1 fully saturated rings. The third-order valence-corrected chi connectivity index (χ3v) is 6.56. The number of halogens is 2. The van der Waals surface area contributed by atoms with Crippen LogP contribution in [0.3, 0.4) is 0 Å². The van der Waals surface area contributed by atoms with Gasteiger partial charge in [0.05, 0.1) is 29.1 Å². The minimum Gasteiger partial charge on any atom is -0.384 e. The SMILES string of the molecule is CN(C(=O)Cc1ccc(Cl)c(Cl)c1)C(CN1CCCC1)c1ccccc1.COCCSN. The summed E-state index contributed by atoms with van der Waals surface area (Å²) < 4.78 is 4.68. The van der Waals surface area contributed by atoms with Crippen LogP contribution in [-0.2, 0) is 16.0 Å². The highest BCUT2D eigenvalue weighted by molar-refractivity contribution is 7.97. The number of amides is 1. The average molecular weight is 499 g/mol. The van der Waals surface area contributed by atoms with E-state index in [-0.39, 0.29) is 11.9 Å². The van der Waals surface area contributed by atoms with Gasteiger partial charge in [-0.1, -0.05) is 71.5 Å². The zero-order valence-corrected chi connectivity index (χ0v) is 21.1. The van der Waals surface area contributed by atoms with Crippen molar-refractivity contribution >= 4 is 41.1 Å². The van der Waals surface area contributed by atoms with Crippen LogP contribution in [0.5, 0.6) is 0 Å². The summed E-state index contributed by atoms with van der Waals surface area (Å²) in [6.07, 6.45) is 2.79. The van der Waals surface area contributed by atoms with Crippen molar-refractivity contribution in [2.45, 2.75) is 25.3 Å². The van der Waals surface area contributed by atoms with Gasteiger partial charge in [-0.3, -0.25) is 9.93 Å². The van der Waals surface area contributed by atoms with E-state index in [1.807, 2.05) is 36.2 Å². The van der Waals surface area contributed by atoms with Gasteiger partial charge in [0.2, 0.25) is 5.91 Å². The summed E-state index contributed by atoms with van der Waals surface area (Å²) in [7, 11) is 3.56. The first kappa shape index (κ1) is 27.0. The molecule has 1 aliphatic rings. The summed E-state index contributed by atoms with van der Waals surface area (Å²) in [6.45, 7) is 3.84. The summed E-state index contributed by atoms with van der Waals surface area (Å²) >= 11 is 13.4. The van der Waals surface area contributed by atoms with Crippen LogP contribution in [-0.4, -0.2) is 61.9 Å². The molecule has 2 N–H and O–H groups in total. The van der Waals surface area contributed by atoms with Crippen molar-refractivity contribution in [2.24, 2.45) is 5.14 Å². The molecule has 1 amide bonds. The average Bonchev–Trinajstić information content (AvgIpc) is 3.32. The lowest BCUT2D eigenvalue weighted by atomic mass is 10.0. The lowest BCUT2D eigenvalue weighted by molar-refractivity contribution is -0.131. The molecule has 1 heterocycles. The van der Waals surface area contributed by atoms with Crippen LogP contribution in [0.15, 0.2) is 48.5 Å². The van der Waals surface area contributed by atoms with E-state index in [2.05, 4.69) is 21.8 Å². The Balaban J connectivity index is 0.000000534. The molecule has 5 nitrogen and oxygen atoms in total. The number of methoxy groups -OCH3 is 1. The summed E-state index contributed by atoms with van der Waals surface area (Å²) in [6, 6.07) is 15.7. The highest BCUT2D eigenvalue weighted by Crippen LogP contribution is 2.26. The number of likely N-dealkylation sites (tertiary alicyclic amines) is 1. The Morgan fingerprint density at radius 3 is 2.41 bits per heavy atom. The van der Waals surface area contributed by atoms with Gasteiger partial charge in [-0.15, -0.1) is 0 Å². The van der Waals surface area contributed by atoms with Gasteiger partial charge in [-0.05, 0) is 49.2 Å². The number of hydrogen-bond acceptors (Lipinski definition) is 5. The lowest BCUT2D eigenvalue weighted by Crippen LogP contribution is -2.39. The molecular weight excluding hydrogens is 465 g/mol. The van der Waals surface area contributed by atoms with E-state index in [0.717, 1.165) is 37.6 Å². The fourth-order valence-corrected chi connectivity index (χ4v) is 4.17. The van der Waals surface area contributed by atoms with Gasteiger partial charge < -0.3 is 14.5 Å². The van der Waals surface area contributed by atoms with Crippen molar-refractivity contribution in [2.75, 3.05) is 46.2 Å². The molecule has 2 aromatic carbocycles. The summed E-state index contributed by atoms with van der Waals surface area (Å²) in [5, 5.41) is 6.04. The quantitative estimate of drug-likeness (QED) is 0.387. The molecule has 176 valence electrons. The van der Waals surface area contributed by atoms with Crippen molar-refractivity contribution in [3.05, 3.63) is 69.7 Å². The minimum absolute atomic E-state index is 0.0459. The molecule has 8 heteroatoms. The van der Waals surface area contributed by atoms with Crippen LogP contribution in [0.2, 0.25) is 10.0 Å². The predicted octanol–water partition coefficient (Wildman–Crippen LogP) is 5.07. The Morgan fingerprint density at radius 2 is 1.84 bits per heavy atom. The monoisotopic (exact) mass is 497 g/mol. The summed E-state index contributed by atoms with van der Waals surface area (Å²) in [5.41, 5.74) is 2.05. The first-order chi connectivity index (χ1) is 15.5. The molecule has 1 atom stereocenters. The third-order valence-electron chi connectivity index (χ3n) is 5.42. The van der Waals surface area contributed by atoms with Crippen molar-refractivity contribution in [3.63, 3.8) is 0 Å². The molecule has 0 aliphatic carbocycles. The molecule has 1 saturated heterocycles. The first-order valence-electron chi connectivity index (χ1n) is 10.7. The van der Waals surface area contributed by atoms with Crippen LogP contribution in [0.25, 0.3) is 0 Å². The molecule has 1 aliphatic heterocycles. The second-order valence-electron chi connectivity index (χ2n) is 7.73. The number of carbonyl (C=O) groups is 1. The molecule has 0 saturated carbocycles. The Bertz CT molecular complexity index is 816. The molecule has 1 unspecified atom stereocenters. The van der Waals surface area contributed by atoms with Gasteiger partial charge in [-0.2, -0.15) is 0 Å². The predicted molar refractivity (Wildman–Crippen MR) is 136 cm³/mol. The highest BCUT2D eigenvalue weighted by Gasteiger charge is 2.25. The van der Waals surface area contributed by atoms with Crippen molar-refractivity contribution in [1.29, 1.82) is 0 Å². The first-order valence-corrected chi connectivity index (χ1v) is 12.5. The molecule has 0 spiro atoms. The van der Waals surface area contributed by atoms with Crippen molar-refractivity contribution < 1.29 is 9.53 Å². The van der Waals surface area contributed by atoms with Crippen LogP contribution in [0, 0.1) is 0 Å². The molecule has 0 radical (unpaired) electrons. The molecule has 32 heavy (non-hydrogen) atoms. The lowest BCUT2D eigenvalue weighted by Gasteiger charge is -2.32. The highest BCUT2D eigenvalue weighted by atomic mass is 35.5. The smallest absolute Gasteiger partial charge is 0.227 e. The maximum Gasteiger partial charge on any atom is 0.227 e. The minimum atomic E-state index is 0.0459. The largest absolute Gasteiger partial charge is 0.384 e. The number of likely N-dealkylation sites (N-methyl/N-ethyl adjacent to an activating group) is 1. The number of nitrogens with two attached hydrogens (primary N) is 1. The van der Waals surface area contributed by atoms with Gasteiger partial charge in [-0.25, -0.2) is 0 Å². The van der Waals surface area contributed by atoms with Gasteiger partial charge in [0.15, 0.2) is 0 Å². The number of hydrogen-bond donors (Lipinski definition) is 1. The topological polar surface area (TPSA) is 58.8 Å². The number of ether oxygens (including phenoxy) is 1. The fraction of sp³-hybridized carbons (Fsp3) is 0.458. The van der Waals surface area contributed by atoms with Crippen LogP contribution in [0.4, 0.5) is 0 Å². The normalized spacial score (nSPS) is 14.5. The summed E-state index contributed by atoms with van der Waals surface area (Å²) in [4.78, 5) is 17.2. The van der Waals surface area contributed by atoms with Gasteiger partial charge in [0.1, 0.15) is 0 Å². The maximum atomic E-state index is 12.9. The molecule has 0 bridgehead atoms. The second-order valence-corrected chi connectivity index (χ2v) is 9.28. The van der Waals surface area contributed by atoms with Crippen LogP contribution >= 0.6 is 35.1 Å². The van der Waals surface area contributed by atoms with Gasteiger partial charge >= 0.3 is 0 Å². The Kier molecular flexibility index (Phi) is 12.5. The van der Waals surface area contributed by atoms with E-state index in [0.29, 0.717) is 16.5 Å². The van der Waals surface area contributed by atoms with Crippen molar-refractivity contribution in [1.82, 2.24) is 9.80 Å². The zero-order valence-electron chi connectivity index (χ0n) is 18.8. The van der Waals surface area contributed by atoms with E-state index in [1.165, 1.54) is 30.4 Å². The van der Waals surface area contributed by atoms with E-state index >= 15 is 0 Å². The van der Waals surface area contributed by atoms with E-state index in [1.54, 1.807) is 19.2 Å². The fourth-order valence-electron chi connectivity index (χ4n) is 3.59. The second kappa shape index (κ2) is 14.8. The standard InChI is InChI=1S/C21H24Cl2N2O.C3H9NOS/c1-24(21(26)14-16-9-10-18(22)19(23)13-16)20(15-25-11-5-6-12-25)17-7-3-2-4-8-17;1-5-2-3-6-4/h2-4,7-10,13,20H,5-6,11-12,14-15H2,1H3;2-4H2,1H3. The van der Waals surface area contributed by atoms with Gasteiger partial charge in [0, 0.05) is 26.5 Å². The molecule has 3 rings (SSSR count). The van der Waals surface area contributed by atoms with Crippen molar-refractivity contribution in [3.8, 4) is 0 Å². The third kappa shape index (κ3) is 8.93. The van der Waals surface area contributed by atoms with E-state index in [4.69, 9.17) is 28.3 Å². The Hall–Kier alpha value is -1.28. The van der Waals surface area contributed by atoms with Gasteiger partial charge in [0.25, 0.3) is 0 Å². The number of carbonyl (C=O) groups excluding carboxylic acids is 1. The number of nitrogens with zero attached hydrogens (tertiary/aromatic N) is 2. The van der Waals surface area contributed by atoms with E-state index < -0.39 is 0 Å². The molecule has 2 aromatic rings. The maximum absolute atomic E-state index is 12.9. The molecule has 0 aromatic heterocycles. The number of rotatable bonds is 9. The van der Waals surface area contributed by atoms with E-state index in [9.17, 15) is 4.79 Å². The molecular formula is C24H33Cl2N3O2S.